The van der Waals surface area contributed by atoms with Crippen molar-refractivity contribution < 1.29 is 9.26 Å². The number of nitrogens with two attached hydrogens (primary N) is 1. The number of aromatic nitrogens is 4. The van der Waals surface area contributed by atoms with Gasteiger partial charge in [0.2, 0.25) is 11.8 Å². The molecule has 2 aromatic heterocycles. The van der Waals surface area contributed by atoms with Crippen molar-refractivity contribution in [2.45, 2.75) is 39.2 Å². The molecule has 1 aliphatic rings. The molecule has 1 saturated heterocycles. The van der Waals surface area contributed by atoms with Crippen LogP contribution in [0.5, 0.6) is 0 Å². The minimum atomic E-state index is 0.273. The van der Waals surface area contributed by atoms with E-state index in [1.165, 1.54) is 0 Å². The summed E-state index contributed by atoms with van der Waals surface area (Å²) in [7, 11) is 1.93. The maximum atomic E-state index is 5.88. The molecule has 0 radical (unpaired) electrons. The molecule has 0 unspecified atom stereocenters. The van der Waals surface area contributed by atoms with Gasteiger partial charge in [0, 0.05) is 32.1 Å². The van der Waals surface area contributed by atoms with Crippen molar-refractivity contribution in [2.24, 2.45) is 5.92 Å². The highest BCUT2D eigenvalue weighted by Crippen LogP contribution is 2.26. The summed E-state index contributed by atoms with van der Waals surface area (Å²) in [5, 5.41) is 4.03. The molecule has 3 heterocycles. The first-order valence-electron chi connectivity index (χ1n) is 8.26. The predicted molar refractivity (Wildman–Crippen MR) is 89.6 cm³/mol. The third-order valence-corrected chi connectivity index (χ3v) is 3.96. The number of hydrogen-bond donors (Lipinski definition) is 1. The zero-order valence-corrected chi connectivity index (χ0v) is 14.4. The van der Waals surface area contributed by atoms with Gasteiger partial charge in [-0.1, -0.05) is 19.0 Å². The first-order chi connectivity index (χ1) is 11.5. The molecule has 24 heavy (non-hydrogen) atoms. The molecule has 3 rings (SSSR count). The Morgan fingerprint density at radius 1 is 1.33 bits per heavy atom. The van der Waals surface area contributed by atoms with Crippen LogP contribution < -0.4 is 10.6 Å². The molecule has 8 heteroatoms. The fourth-order valence-electron chi connectivity index (χ4n) is 2.72. The number of rotatable bonds is 6. The van der Waals surface area contributed by atoms with Gasteiger partial charge in [-0.3, -0.25) is 0 Å². The van der Waals surface area contributed by atoms with Crippen LogP contribution >= 0.6 is 0 Å². The van der Waals surface area contributed by atoms with Crippen LogP contribution in [0.3, 0.4) is 0 Å². The second-order valence-electron chi connectivity index (χ2n) is 6.63. The van der Waals surface area contributed by atoms with E-state index in [-0.39, 0.29) is 11.9 Å². The SMILES string of the molecule is CC(C)Cc1nc(CN(C)c2cc([C@@H]3CCOC3)nc(N)n2)no1. The van der Waals surface area contributed by atoms with E-state index in [1.807, 2.05) is 18.0 Å². The average molecular weight is 332 g/mol. The lowest BCUT2D eigenvalue weighted by Crippen LogP contribution is -2.20. The van der Waals surface area contributed by atoms with Gasteiger partial charge in [-0.2, -0.15) is 9.97 Å². The number of nitrogen functional groups attached to an aromatic ring is 1. The smallest absolute Gasteiger partial charge is 0.226 e. The summed E-state index contributed by atoms with van der Waals surface area (Å²) in [4.78, 5) is 15.0. The largest absolute Gasteiger partial charge is 0.381 e. The number of ether oxygens (including phenoxy) is 1. The molecule has 130 valence electrons. The highest BCUT2D eigenvalue weighted by molar-refractivity contribution is 5.43. The Hall–Kier alpha value is -2.22. The van der Waals surface area contributed by atoms with Crippen molar-refractivity contribution >= 4 is 11.8 Å². The van der Waals surface area contributed by atoms with Gasteiger partial charge < -0.3 is 19.9 Å². The molecular weight excluding hydrogens is 308 g/mol. The Labute approximate surface area is 141 Å². The van der Waals surface area contributed by atoms with Gasteiger partial charge in [0.1, 0.15) is 5.82 Å². The van der Waals surface area contributed by atoms with E-state index in [0.717, 1.165) is 31.0 Å². The van der Waals surface area contributed by atoms with E-state index in [9.17, 15) is 0 Å². The minimum absolute atomic E-state index is 0.273. The zero-order valence-electron chi connectivity index (χ0n) is 14.4. The van der Waals surface area contributed by atoms with Crippen molar-refractivity contribution in [3.8, 4) is 0 Å². The molecule has 0 spiro atoms. The summed E-state index contributed by atoms with van der Waals surface area (Å²) in [5.74, 6) is 3.09. The first-order valence-corrected chi connectivity index (χ1v) is 8.26. The summed E-state index contributed by atoms with van der Waals surface area (Å²) in [6.45, 7) is 6.19. The Kier molecular flexibility index (Phi) is 4.94. The number of hydrogen-bond acceptors (Lipinski definition) is 8. The Balaban J connectivity index is 1.72. The van der Waals surface area contributed by atoms with Crippen molar-refractivity contribution in [3.05, 3.63) is 23.5 Å². The van der Waals surface area contributed by atoms with Crippen molar-refractivity contribution in [2.75, 3.05) is 30.9 Å². The van der Waals surface area contributed by atoms with Crippen molar-refractivity contribution in [3.63, 3.8) is 0 Å². The molecule has 0 aromatic carbocycles. The normalized spacial score (nSPS) is 17.6. The van der Waals surface area contributed by atoms with Gasteiger partial charge in [0.05, 0.1) is 18.8 Å². The minimum Gasteiger partial charge on any atom is -0.381 e. The van der Waals surface area contributed by atoms with E-state index in [1.54, 1.807) is 0 Å². The predicted octanol–water partition coefficient (Wildman–Crippen LogP) is 1.78. The summed E-state index contributed by atoms with van der Waals surface area (Å²) < 4.78 is 10.7. The van der Waals surface area contributed by atoms with E-state index >= 15 is 0 Å². The van der Waals surface area contributed by atoms with Crippen LogP contribution in [-0.2, 0) is 17.7 Å². The first kappa shape index (κ1) is 16.6. The molecule has 0 amide bonds. The van der Waals surface area contributed by atoms with Crippen molar-refractivity contribution in [1.29, 1.82) is 0 Å². The third-order valence-electron chi connectivity index (χ3n) is 3.96. The van der Waals surface area contributed by atoms with Crippen LogP contribution in [0.1, 0.15) is 43.6 Å². The molecule has 0 bridgehead atoms. The molecule has 1 atom stereocenters. The molecule has 0 aliphatic carbocycles. The highest BCUT2D eigenvalue weighted by atomic mass is 16.5. The zero-order chi connectivity index (χ0) is 17.1. The Bertz CT molecular complexity index is 681. The topological polar surface area (TPSA) is 103 Å². The molecule has 1 aliphatic heterocycles. The summed E-state index contributed by atoms with van der Waals surface area (Å²) in [6.07, 6.45) is 1.74. The number of nitrogens with zero attached hydrogens (tertiary/aromatic N) is 5. The maximum absolute atomic E-state index is 5.88. The highest BCUT2D eigenvalue weighted by Gasteiger charge is 2.21. The summed E-state index contributed by atoms with van der Waals surface area (Å²) in [5.41, 5.74) is 6.80. The molecule has 2 aromatic rings. The lowest BCUT2D eigenvalue weighted by molar-refractivity contribution is 0.193. The van der Waals surface area contributed by atoms with Crippen LogP contribution in [0.4, 0.5) is 11.8 Å². The molecule has 0 saturated carbocycles. The van der Waals surface area contributed by atoms with Crippen LogP contribution in [0.2, 0.25) is 0 Å². The van der Waals surface area contributed by atoms with Crippen LogP contribution in [0.15, 0.2) is 10.6 Å². The van der Waals surface area contributed by atoms with Gasteiger partial charge in [-0.25, -0.2) is 4.98 Å². The fourth-order valence-corrected chi connectivity index (χ4v) is 2.72. The van der Waals surface area contributed by atoms with E-state index in [2.05, 4.69) is 34.0 Å². The number of anilines is 2. The monoisotopic (exact) mass is 332 g/mol. The van der Waals surface area contributed by atoms with E-state index in [4.69, 9.17) is 15.0 Å². The summed E-state index contributed by atoms with van der Waals surface area (Å²) >= 11 is 0. The molecule has 8 nitrogen and oxygen atoms in total. The lowest BCUT2D eigenvalue weighted by atomic mass is 10.0. The second kappa shape index (κ2) is 7.12. The van der Waals surface area contributed by atoms with Gasteiger partial charge in [-0.05, 0) is 12.3 Å². The van der Waals surface area contributed by atoms with Crippen molar-refractivity contribution in [1.82, 2.24) is 20.1 Å². The lowest BCUT2D eigenvalue weighted by Gasteiger charge is -2.18. The van der Waals surface area contributed by atoms with Gasteiger partial charge in [0.25, 0.3) is 0 Å². The van der Waals surface area contributed by atoms with Crippen LogP contribution in [-0.4, -0.2) is 40.4 Å². The van der Waals surface area contributed by atoms with Gasteiger partial charge >= 0.3 is 0 Å². The van der Waals surface area contributed by atoms with E-state index < -0.39 is 0 Å². The molecule has 1 fully saturated rings. The second-order valence-corrected chi connectivity index (χ2v) is 6.63. The Morgan fingerprint density at radius 3 is 2.88 bits per heavy atom. The van der Waals surface area contributed by atoms with Crippen LogP contribution in [0, 0.1) is 5.92 Å². The quantitative estimate of drug-likeness (QED) is 0.854. The Morgan fingerprint density at radius 2 is 2.17 bits per heavy atom. The molecular formula is C16H24N6O2. The standard InChI is InChI=1S/C16H24N6O2/c1-10(2)6-15-19-13(21-24-15)8-22(3)14-7-12(18-16(17)20-14)11-4-5-23-9-11/h7,10-11H,4-6,8-9H2,1-3H3,(H2,17,18,20)/t11-/m1/s1. The van der Waals surface area contributed by atoms with Gasteiger partial charge in [0.15, 0.2) is 5.82 Å². The maximum Gasteiger partial charge on any atom is 0.226 e. The molecule has 2 N–H and O–H groups in total. The van der Waals surface area contributed by atoms with E-state index in [0.29, 0.717) is 30.8 Å². The fraction of sp³-hybridized carbons (Fsp3) is 0.625. The van der Waals surface area contributed by atoms with Gasteiger partial charge in [-0.15, -0.1) is 0 Å². The van der Waals surface area contributed by atoms with Crippen LogP contribution in [0.25, 0.3) is 0 Å². The third kappa shape index (κ3) is 4.00. The average Bonchev–Trinajstić information content (AvgIpc) is 3.18. The summed E-state index contributed by atoms with van der Waals surface area (Å²) in [6, 6.07) is 1.96.